The molecule has 4 N–H and O–H groups in total. The van der Waals surface area contributed by atoms with E-state index >= 15 is 0 Å². The number of amides is 1. The highest BCUT2D eigenvalue weighted by Gasteiger charge is 2.13. The molecule has 1 aromatic rings. The van der Waals surface area contributed by atoms with Gasteiger partial charge in [0.25, 0.3) is 5.91 Å². The molecular formula is C13H20FN3O2. The number of hydrogen-bond acceptors (Lipinski definition) is 4. The SMILES string of the molecule is COCCCCCNC(=O)c1cccc(F)c1NN. The summed E-state index contributed by atoms with van der Waals surface area (Å²) < 4.78 is 18.3. The fourth-order valence-corrected chi connectivity index (χ4v) is 1.71. The van der Waals surface area contributed by atoms with Crippen molar-refractivity contribution in [2.24, 2.45) is 5.84 Å². The summed E-state index contributed by atoms with van der Waals surface area (Å²) in [6.45, 7) is 1.27. The van der Waals surface area contributed by atoms with Crippen LogP contribution >= 0.6 is 0 Å². The third-order valence-electron chi connectivity index (χ3n) is 2.71. The summed E-state index contributed by atoms with van der Waals surface area (Å²) in [5, 5.41) is 2.74. The van der Waals surface area contributed by atoms with Crippen LogP contribution in [0.3, 0.4) is 0 Å². The molecule has 0 aliphatic carbocycles. The van der Waals surface area contributed by atoms with Gasteiger partial charge in [0, 0.05) is 20.3 Å². The Balaban J connectivity index is 2.43. The molecule has 0 aliphatic heterocycles. The molecule has 106 valence electrons. The van der Waals surface area contributed by atoms with Crippen molar-refractivity contribution >= 4 is 11.6 Å². The summed E-state index contributed by atoms with van der Waals surface area (Å²) in [6, 6.07) is 4.25. The molecule has 5 nitrogen and oxygen atoms in total. The minimum atomic E-state index is -0.546. The third kappa shape index (κ3) is 4.84. The number of carbonyl (C=O) groups excluding carboxylic acids is 1. The van der Waals surface area contributed by atoms with Crippen LogP contribution in [0.4, 0.5) is 10.1 Å². The van der Waals surface area contributed by atoms with Crippen molar-refractivity contribution in [1.29, 1.82) is 0 Å². The number of anilines is 1. The maximum atomic E-state index is 13.4. The number of methoxy groups -OCH3 is 1. The summed E-state index contributed by atoms with van der Waals surface area (Å²) in [7, 11) is 1.66. The Labute approximate surface area is 112 Å². The average molecular weight is 269 g/mol. The second-order valence-corrected chi connectivity index (χ2v) is 4.12. The highest BCUT2D eigenvalue weighted by Crippen LogP contribution is 2.18. The zero-order chi connectivity index (χ0) is 14.1. The molecule has 0 radical (unpaired) electrons. The normalized spacial score (nSPS) is 10.3. The number of hydrazine groups is 1. The Morgan fingerprint density at radius 2 is 2.16 bits per heavy atom. The van der Waals surface area contributed by atoms with Gasteiger partial charge in [-0.1, -0.05) is 6.07 Å². The van der Waals surface area contributed by atoms with Gasteiger partial charge in [0.2, 0.25) is 0 Å². The molecule has 0 saturated carbocycles. The van der Waals surface area contributed by atoms with E-state index in [9.17, 15) is 9.18 Å². The maximum absolute atomic E-state index is 13.4. The molecule has 0 heterocycles. The quantitative estimate of drug-likeness (QED) is 0.381. The summed E-state index contributed by atoms with van der Waals surface area (Å²) in [5.74, 6) is 4.33. The third-order valence-corrected chi connectivity index (χ3v) is 2.71. The Bertz CT molecular complexity index is 413. The lowest BCUT2D eigenvalue weighted by molar-refractivity contribution is 0.0953. The number of halogens is 1. The van der Waals surface area contributed by atoms with Crippen LogP contribution in [-0.4, -0.2) is 26.2 Å². The molecule has 0 atom stereocenters. The van der Waals surface area contributed by atoms with E-state index in [0.29, 0.717) is 6.54 Å². The summed E-state index contributed by atoms with van der Waals surface area (Å²) >= 11 is 0. The largest absolute Gasteiger partial charge is 0.385 e. The van der Waals surface area contributed by atoms with E-state index in [1.807, 2.05) is 0 Å². The summed E-state index contributed by atoms with van der Waals surface area (Å²) in [5.41, 5.74) is 2.43. The van der Waals surface area contributed by atoms with Crippen molar-refractivity contribution in [3.63, 3.8) is 0 Å². The van der Waals surface area contributed by atoms with Gasteiger partial charge in [-0.25, -0.2) is 4.39 Å². The van der Waals surface area contributed by atoms with Crippen LogP contribution in [0.5, 0.6) is 0 Å². The van der Waals surface area contributed by atoms with Crippen LogP contribution in [-0.2, 0) is 4.74 Å². The first-order chi connectivity index (χ1) is 9.20. The highest BCUT2D eigenvalue weighted by molar-refractivity contribution is 5.99. The lowest BCUT2D eigenvalue weighted by Gasteiger charge is -2.10. The van der Waals surface area contributed by atoms with E-state index in [1.54, 1.807) is 7.11 Å². The van der Waals surface area contributed by atoms with Crippen molar-refractivity contribution in [3.8, 4) is 0 Å². The van der Waals surface area contributed by atoms with Gasteiger partial charge in [-0.3, -0.25) is 10.6 Å². The number of nitrogens with two attached hydrogens (primary N) is 1. The molecule has 6 heteroatoms. The summed E-state index contributed by atoms with van der Waals surface area (Å²) in [6.07, 6.45) is 2.79. The molecule has 19 heavy (non-hydrogen) atoms. The van der Waals surface area contributed by atoms with Gasteiger partial charge in [-0.2, -0.15) is 0 Å². The average Bonchev–Trinajstić information content (AvgIpc) is 2.42. The van der Waals surface area contributed by atoms with Crippen LogP contribution in [0.1, 0.15) is 29.6 Å². The number of nitrogen functional groups attached to an aromatic ring is 1. The fourth-order valence-electron chi connectivity index (χ4n) is 1.71. The van der Waals surface area contributed by atoms with Crippen molar-refractivity contribution < 1.29 is 13.9 Å². The number of ether oxygens (including phenoxy) is 1. The van der Waals surface area contributed by atoms with E-state index in [0.717, 1.165) is 25.9 Å². The van der Waals surface area contributed by atoms with Crippen molar-refractivity contribution in [3.05, 3.63) is 29.6 Å². The van der Waals surface area contributed by atoms with Crippen LogP contribution in [0.15, 0.2) is 18.2 Å². The predicted molar refractivity (Wildman–Crippen MR) is 72.3 cm³/mol. The Morgan fingerprint density at radius 3 is 2.84 bits per heavy atom. The highest BCUT2D eigenvalue weighted by atomic mass is 19.1. The van der Waals surface area contributed by atoms with E-state index in [2.05, 4.69) is 10.7 Å². The van der Waals surface area contributed by atoms with Gasteiger partial charge in [-0.15, -0.1) is 0 Å². The van der Waals surface area contributed by atoms with Gasteiger partial charge >= 0.3 is 0 Å². The van der Waals surface area contributed by atoms with Crippen molar-refractivity contribution in [1.82, 2.24) is 5.32 Å². The van der Waals surface area contributed by atoms with Crippen molar-refractivity contribution in [2.75, 3.05) is 25.7 Å². The van der Waals surface area contributed by atoms with E-state index in [-0.39, 0.29) is 17.2 Å². The first-order valence-corrected chi connectivity index (χ1v) is 6.23. The molecular weight excluding hydrogens is 249 g/mol. The fraction of sp³-hybridized carbons (Fsp3) is 0.462. The van der Waals surface area contributed by atoms with Crippen LogP contribution in [0, 0.1) is 5.82 Å². The van der Waals surface area contributed by atoms with Gasteiger partial charge in [0.1, 0.15) is 5.82 Å². The number of carbonyl (C=O) groups is 1. The minimum Gasteiger partial charge on any atom is -0.385 e. The Morgan fingerprint density at radius 1 is 1.37 bits per heavy atom. The molecule has 0 fully saturated rings. The Hall–Kier alpha value is -1.66. The molecule has 0 bridgehead atoms. The number of para-hydroxylation sites is 1. The molecule has 0 unspecified atom stereocenters. The van der Waals surface area contributed by atoms with Gasteiger partial charge in [0.05, 0.1) is 11.3 Å². The smallest absolute Gasteiger partial charge is 0.253 e. The monoisotopic (exact) mass is 269 g/mol. The van der Waals surface area contributed by atoms with Gasteiger partial charge in [-0.05, 0) is 31.4 Å². The molecule has 0 saturated heterocycles. The van der Waals surface area contributed by atoms with E-state index in [4.69, 9.17) is 10.6 Å². The number of nitrogens with one attached hydrogen (secondary N) is 2. The second kappa shape index (κ2) is 8.44. The lowest BCUT2D eigenvalue weighted by atomic mass is 10.1. The minimum absolute atomic E-state index is 0.0133. The van der Waals surface area contributed by atoms with E-state index in [1.165, 1.54) is 18.2 Å². The molecule has 1 rings (SSSR count). The van der Waals surface area contributed by atoms with Crippen LogP contribution in [0.2, 0.25) is 0 Å². The molecule has 1 aromatic carbocycles. The molecule has 0 spiro atoms. The number of benzene rings is 1. The van der Waals surface area contributed by atoms with Gasteiger partial charge in [0.15, 0.2) is 0 Å². The first kappa shape index (κ1) is 15.4. The number of hydrogen-bond donors (Lipinski definition) is 3. The first-order valence-electron chi connectivity index (χ1n) is 6.23. The maximum Gasteiger partial charge on any atom is 0.253 e. The number of rotatable bonds is 8. The summed E-state index contributed by atoms with van der Waals surface area (Å²) in [4.78, 5) is 11.9. The van der Waals surface area contributed by atoms with Crippen molar-refractivity contribution in [2.45, 2.75) is 19.3 Å². The van der Waals surface area contributed by atoms with Gasteiger partial charge < -0.3 is 15.5 Å². The second-order valence-electron chi connectivity index (χ2n) is 4.12. The Kier molecular flexibility index (Phi) is 6.84. The predicted octanol–water partition coefficient (Wildman–Crippen LogP) is 1.66. The molecule has 0 aromatic heterocycles. The zero-order valence-electron chi connectivity index (χ0n) is 11.0. The molecule has 1 amide bonds. The standard InChI is InChI=1S/C13H20FN3O2/c1-19-9-4-2-3-8-16-13(18)10-6-5-7-11(14)12(10)17-15/h5-7,17H,2-4,8-9,15H2,1H3,(H,16,18). The number of unbranched alkanes of at least 4 members (excludes halogenated alkanes) is 2. The van der Waals surface area contributed by atoms with E-state index < -0.39 is 5.82 Å². The van der Waals surface area contributed by atoms with Crippen LogP contribution in [0.25, 0.3) is 0 Å². The zero-order valence-corrected chi connectivity index (χ0v) is 11.0. The van der Waals surface area contributed by atoms with Crippen LogP contribution < -0.4 is 16.6 Å². The lowest BCUT2D eigenvalue weighted by Crippen LogP contribution is -2.26. The molecule has 0 aliphatic rings. The topological polar surface area (TPSA) is 76.4 Å².